The summed E-state index contributed by atoms with van der Waals surface area (Å²) in [5, 5.41) is 3.21. The summed E-state index contributed by atoms with van der Waals surface area (Å²) in [5.41, 5.74) is 0. The molecule has 26 heavy (non-hydrogen) atoms. The molecule has 10 heteroatoms. The highest BCUT2D eigenvalue weighted by atomic mass is 127. The number of nitrogens with one attached hydrogen (secondary N) is 1. The fourth-order valence-corrected chi connectivity index (χ4v) is 4.52. The minimum absolute atomic E-state index is 0. The van der Waals surface area contributed by atoms with E-state index in [-0.39, 0.29) is 35.6 Å². The number of aliphatic imine (C=N–C) groups is 1. The summed E-state index contributed by atoms with van der Waals surface area (Å²) in [7, 11) is 0.667. The Morgan fingerprint density at radius 2 is 1.73 bits per heavy atom. The number of hydrogen-bond acceptors (Lipinski definition) is 5. The first-order valence-corrected chi connectivity index (χ1v) is 10.5. The largest absolute Gasteiger partial charge is 0.356 e. The Bertz CT molecular complexity index is 615. The van der Waals surface area contributed by atoms with E-state index in [0.717, 1.165) is 26.2 Å². The number of likely N-dealkylation sites (N-methyl/N-ethyl adjacent to an activating group) is 1. The highest BCUT2D eigenvalue weighted by Crippen LogP contribution is 2.23. The zero-order chi connectivity index (χ0) is 18.7. The van der Waals surface area contributed by atoms with Crippen molar-refractivity contribution in [3.05, 3.63) is 0 Å². The van der Waals surface area contributed by atoms with Crippen LogP contribution in [0.15, 0.2) is 4.99 Å². The highest BCUT2D eigenvalue weighted by Gasteiger charge is 2.40. The molecule has 0 aliphatic carbocycles. The van der Waals surface area contributed by atoms with Crippen molar-refractivity contribution in [2.45, 2.75) is 25.0 Å². The summed E-state index contributed by atoms with van der Waals surface area (Å²) in [6.45, 7) is 8.22. The molecule has 2 aliphatic rings. The van der Waals surface area contributed by atoms with Gasteiger partial charge in [0.05, 0.1) is 10.5 Å². The predicted molar refractivity (Wildman–Crippen MR) is 115 cm³/mol. The second-order valence-electron chi connectivity index (χ2n) is 7.41. The Morgan fingerprint density at radius 3 is 2.27 bits per heavy atom. The van der Waals surface area contributed by atoms with Crippen LogP contribution in [0, 0.1) is 0 Å². The molecule has 2 saturated heterocycles. The van der Waals surface area contributed by atoms with Crippen molar-refractivity contribution in [3.8, 4) is 0 Å². The fraction of sp³-hybridized carbons (Fsp3) is 0.875. The van der Waals surface area contributed by atoms with Crippen molar-refractivity contribution in [1.29, 1.82) is 0 Å². The maximum atomic E-state index is 12.3. The monoisotopic (exact) mass is 501 g/mol. The van der Waals surface area contributed by atoms with Crippen LogP contribution in [0.4, 0.5) is 0 Å². The van der Waals surface area contributed by atoms with Crippen molar-refractivity contribution < 1.29 is 13.2 Å². The first kappa shape index (κ1) is 23.4. The Hall–Kier alpha value is -0.620. The van der Waals surface area contributed by atoms with Crippen molar-refractivity contribution in [2.24, 2.45) is 4.99 Å². The third kappa shape index (κ3) is 5.69. The van der Waals surface area contributed by atoms with Gasteiger partial charge in [-0.1, -0.05) is 0 Å². The third-order valence-electron chi connectivity index (χ3n) is 5.03. The molecule has 0 spiro atoms. The van der Waals surface area contributed by atoms with Crippen LogP contribution < -0.4 is 5.32 Å². The molecule has 1 amide bonds. The lowest BCUT2D eigenvalue weighted by Gasteiger charge is -2.39. The number of amides is 1. The molecule has 2 rings (SSSR count). The SMILES string of the molecule is CN=C(NCCC(=O)N1CCN(C)CC1)N1CCS(=O)(=O)C(C)(C)C1.I. The van der Waals surface area contributed by atoms with Gasteiger partial charge in [0.15, 0.2) is 15.8 Å². The van der Waals surface area contributed by atoms with Gasteiger partial charge >= 0.3 is 0 Å². The molecule has 2 aliphatic heterocycles. The summed E-state index contributed by atoms with van der Waals surface area (Å²) in [6.07, 6.45) is 0.415. The molecule has 0 saturated carbocycles. The topological polar surface area (TPSA) is 85.3 Å². The number of rotatable bonds is 3. The minimum Gasteiger partial charge on any atom is -0.356 e. The second-order valence-corrected chi connectivity index (χ2v) is 10.2. The lowest BCUT2D eigenvalue weighted by molar-refractivity contribution is -0.132. The molecule has 0 aromatic rings. The zero-order valence-corrected chi connectivity index (χ0v) is 19.3. The summed E-state index contributed by atoms with van der Waals surface area (Å²) in [4.78, 5) is 22.6. The lowest BCUT2D eigenvalue weighted by atomic mass is 10.2. The van der Waals surface area contributed by atoms with Crippen molar-refractivity contribution in [1.82, 2.24) is 20.0 Å². The van der Waals surface area contributed by atoms with E-state index >= 15 is 0 Å². The summed E-state index contributed by atoms with van der Waals surface area (Å²) in [5.74, 6) is 0.938. The Morgan fingerprint density at radius 1 is 1.12 bits per heavy atom. The van der Waals surface area contributed by atoms with Gasteiger partial charge < -0.3 is 20.0 Å². The quantitative estimate of drug-likeness (QED) is 0.329. The van der Waals surface area contributed by atoms with Crippen LogP contribution in [-0.4, -0.2) is 105 Å². The van der Waals surface area contributed by atoms with Crippen molar-refractivity contribution in [2.75, 3.05) is 65.7 Å². The average Bonchev–Trinajstić information content (AvgIpc) is 2.55. The Kier molecular flexibility index (Phi) is 8.59. The summed E-state index contributed by atoms with van der Waals surface area (Å²) in [6, 6.07) is 0. The number of nitrogens with zero attached hydrogens (tertiary/aromatic N) is 4. The first-order valence-electron chi connectivity index (χ1n) is 8.80. The molecule has 0 bridgehead atoms. The van der Waals surface area contributed by atoms with Gasteiger partial charge in [0.2, 0.25) is 5.91 Å². The van der Waals surface area contributed by atoms with E-state index in [9.17, 15) is 13.2 Å². The molecular weight excluding hydrogens is 469 g/mol. The molecule has 0 aromatic heterocycles. The molecule has 8 nitrogen and oxygen atoms in total. The normalized spacial score (nSPS) is 23.3. The highest BCUT2D eigenvalue weighted by molar-refractivity contribution is 14.0. The number of piperazine rings is 1. The predicted octanol–water partition coefficient (Wildman–Crippen LogP) is -0.147. The molecule has 0 unspecified atom stereocenters. The van der Waals surface area contributed by atoms with Crippen LogP contribution in [-0.2, 0) is 14.6 Å². The summed E-state index contributed by atoms with van der Waals surface area (Å²) < 4.78 is 23.4. The van der Waals surface area contributed by atoms with E-state index in [4.69, 9.17) is 0 Å². The standard InChI is InChI=1S/C16H31N5O3S.HI/c1-16(2)13-21(11-12-25(16,23)24)15(17-3)18-6-5-14(22)20-9-7-19(4)8-10-20;/h5-13H2,1-4H3,(H,17,18);1H. The minimum atomic E-state index is -3.08. The number of carbonyl (C=O) groups is 1. The molecule has 0 aromatic carbocycles. The molecule has 152 valence electrons. The van der Waals surface area contributed by atoms with E-state index in [1.807, 2.05) is 9.80 Å². The van der Waals surface area contributed by atoms with Crippen LogP contribution in [0.25, 0.3) is 0 Å². The van der Waals surface area contributed by atoms with Gasteiger partial charge in [0.1, 0.15) is 0 Å². The van der Waals surface area contributed by atoms with Gasteiger partial charge in [-0.25, -0.2) is 8.42 Å². The molecular formula is C16H32IN5O3S. The number of sulfone groups is 1. The molecule has 0 radical (unpaired) electrons. The molecule has 2 heterocycles. The van der Waals surface area contributed by atoms with Gasteiger partial charge in [0.25, 0.3) is 0 Å². The second kappa shape index (κ2) is 9.54. The maximum Gasteiger partial charge on any atom is 0.224 e. The van der Waals surface area contributed by atoms with E-state index in [2.05, 4.69) is 22.3 Å². The number of guanidine groups is 1. The van der Waals surface area contributed by atoms with Gasteiger partial charge in [-0.2, -0.15) is 0 Å². The van der Waals surface area contributed by atoms with Gasteiger partial charge in [0, 0.05) is 59.3 Å². The number of hydrogen-bond donors (Lipinski definition) is 1. The number of carbonyl (C=O) groups excluding carboxylic acids is 1. The van der Waals surface area contributed by atoms with E-state index < -0.39 is 14.6 Å². The van der Waals surface area contributed by atoms with E-state index in [1.165, 1.54) is 0 Å². The smallest absolute Gasteiger partial charge is 0.224 e. The third-order valence-corrected chi connectivity index (χ3v) is 7.57. The lowest BCUT2D eigenvalue weighted by Crippen LogP contribution is -2.57. The Labute approximate surface area is 174 Å². The Balaban J connectivity index is 0.00000338. The van der Waals surface area contributed by atoms with Crippen LogP contribution in [0.1, 0.15) is 20.3 Å². The average molecular weight is 501 g/mol. The van der Waals surface area contributed by atoms with E-state index in [0.29, 0.717) is 32.0 Å². The van der Waals surface area contributed by atoms with Gasteiger partial charge in [-0.05, 0) is 20.9 Å². The maximum absolute atomic E-state index is 12.3. The molecule has 1 N–H and O–H groups in total. The van der Waals surface area contributed by atoms with E-state index in [1.54, 1.807) is 20.9 Å². The van der Waals surface area contributed by atoms with Gasteiger partial charge in [-0.3, -0.25) is 9.79 Å². The van der Waals surface area contributed by atoms with Crippen LogP contribution in [0.3, 0.4) is 0 Å². The first-order chi connectivity index (χ1) is 11.7. The van der Waals surface area contributed by atoms with Crippen molar-refractivity contribution >= 4 is 45.7 Å². The number of halogens is 1. The fourth-order valence-electron chi connectivity index (χ4n) is 3.15. The van der Waals surface area contributed by atoms with Crippen LogP contribution in [0.2, 0.25) is 0 Å². The zero-order valence-electron chi connectivity index (χ0n) is 16.2. The van der Waals surface area contributed by atoms with Crippen LogP contribution in [0.5, 0.6) is 0 Å². The van der Waals surface area contributed by atoms with Gasteiger partial charge in [-0.15, -0.1) is 24.0 Å². The molecule has 2 fully saturated rings. The summed E-state index contributed by atoms with van der Waals surface area (Å²) >= 11 is 0. The molecule has 0 atom stereocenters. The van der Waals surface area contributed by atoms with Crippen molar-refractivity contribution in [3.63, 3.8) is 0 Å². The van der Waals surface area contributed by atoms with Crippen LogP contribution >= 0.6 is 24.0 Å².